The van der Waals surface area contributed by atoms with Crippen LogP contribution in [-0.2, 0) is 10.0 Å². The molecule has 6 nitrogen and oxygen atoms in total. The Hall–Kier alpha value is -1.77. The average molecular weight is 365 g/mol. The first-order valence-electron chi connectivity index (χ1n) is 8.52. The van der Waals surface area contributed by atoms with E-state index in [0.29, 0.717) is 25.4 Å². The molecule has 2 heterocycles. The number of rotatable bonds is 3. The van der Waals surface area contributed by atoms with Crippen LogP contribution in [0.3, 0.4) is 0 Å². The van der Waals surface area contributed by atoms with Crippen LogP contribution in [0, 0.1) is 11.7 Å². The number of nitrogens with zero attached hydrogens (tertiary/aromatic N) is 1. The number of fused-ring (bicyclic) bond motifs is 1. The van der Waals surface area contributed by atoms with Crippen LogP contribution in [0.2, 0.25) is 0 Å². The number of aromatic amines is 1. The first kappa shape index (κ1) is 16.7. The average Bonchev–Trinajstić information content (AvgIpc) is 3.43. The minimum absolute atomic E-state index is 0.0528. The van der Waals surface area contributed by atoms with E-state index in [-0.39, 0.29) is 21.7 Å². The van der Waals surface area contributed by atoms with Crippen LogP contribution < -0.4 is 10.9 Å². The van der Waals surface area contributed by atoms with E-state index in [9.17, 15) is 17.6 Å². The summed E-state index contributed by atoms with van der Waals surface area (Å²) in [5.74, 6) is -0.381. The van der Waals surface area contributed by atoms with Gasteiger partial charge in [0.15, 0.2) is 0 Å². The SMILES string of the molecule is O=c1[nH]cc(F)c2c(S(=O)(=O)N3CCCNC[C@H]3C3CC3)cccc12. The first-order valence-corrected chi connectivity index (χ1v) is 9.96. The van der Waals surface area contributed by atoms with Crippen LogP contribution in [0.15, 0.2) is 34.1 Å². The lowest BCUT2D eigenvalue weighted by atomic mass is 10.2. The molecule has 134 valence electrons. The molecule has 1 aliphatic heterocycles. The number of nitrogens with one attached hydrogen (secondary N) is 2. The molecule has 4 rings (SSSR count). The molecule has 0 radical (unpaired) electrons. The van der Waals surface area contributed by atoms with Crippen LogP contribution in [-0.4, -0.2) is 43.4 Å². The molecular formula is C17H20FN3O3S. The summed E-state index contributed by atoms with van der Waals surface area (Å²) in [5, 5.41) is 3.22. The van der Waals surface area contributed by atoms with Gasteiger partial charge in [0.1, 0.15) is 5.82 Å². The molecule has 25 heavy (non-hydrogen) atoms. The predicted octanol–water partition coefficient (Wildman–Crippen LogP) is 1.43. The van der Waals surface area contributed by atoms with Crippen molar-refractivity contribution in [2.75, 3.05) is 19.6 Å². The van der Waals surface area contributed by atoms with Crippen molar-refractivity contribution in [1.82, 2.24) is 14.6 Å². The van der Waals surface area contributed by atoms with Gasteiger partial charge in [-0.05, 0) is 43.9 Å². The fraction of sp³-hybridized carbons (Fsp3) is 0.471. The summed E-state index contributed by atoms with van der Waals surface area (Å²) in [6, 6.07) is 4.21. The third-order valence-corrected chi connectivity index (χ3v) is 7.01. The Morgan fingerprint density at radius 3 is 2.80 bits per heavy atom. The molecule has 0 unspecified atom stereocenters. The summed E-state index contributed by atoms with van der Waals surface area (Å²) in [6.45, 7) is 1.77. The van der Waals surface area contributed by atoms with Crippen molar-refractivity contribution in [2.24, 2.45) is 5.92 Å². The molecule has 1 atom stereocenters. The molecule has 2 fully saturated rings. The van der Waals surface area contributed by atoms with Gasteiger partial charge < -0.3 is 10.3 Å². The second-order valence-electron chi connectivity index (χ2n) is 6.72. The third-order valence-electron chi connectivity index (χ3n) is 5.05. The molecule has 2 aromatic rings. The number of H-pyrrole nitrogens is 1. The lowest BCUT2D eigenvalue weighted by molar-refractivity contribution is 0.306. The quantitative estimate of drug-likeness (QED) is 0.862. The summed E-state index contributed by atoms with van der Waals surface area (Å²) in [6.07, 6.45) is 3.66. The van der Waals surface area contributed by atoms with Crippen molar-refractivity contribution in [3.8, 4) is 0 Å². The van der Waals surface area contributed by atoms with Crippen molar-refractivity contribution in [2.45, 2.75) is 30.2 Å². The van der Waals surface area contributed by atoms with E-state index in [2.05, 4.69) is 10.3 Å². The lowest BCUT2D eigenvalue weighted by Crippen LogP contribution is -2.45. The van der Waals surface area contributed by atoms with Crippen molar-refractivity contribution < 1.29 is 12.8 Å². The fourth-order valence-corrected chi connectivity index (χ4v) is 5.59. The Morgan fingerprint density at radius 1 is 1.24 bits per heavy atom. The maximum Gasteiger partial charge on any atom is 0.256 e. The number of aromatic nitrogens is 1. The Balaban J connectivity index is 1.89. The topological polar surface area (TPSA) is 82.3 Å². The van der Waals surface area contributed by atoms with Crippen LogP contribution in [0.4, 0.5) is 4.39 Å². The zero-order valence-electron chi connectivity index (χ0n) is 13.7. The number of hydrogen-bond acceptors (Lipinski definition) is 4. The first-order chi connectivity index (χ1) is 12.0. The summed E-state index contributed by atoms with van der Waals surface area (Å²) in [5.41, 5.74) is -0.496. The minimum Gasteiger partial charge on any atom is -0.326 e. The molecule has 0 amide bonds. The Kier molecular flexibility index (Phi) is 4.13. The summed E-state index contributed by atoms with van der Waals surface area (Å²) >= 11 is 0. The van der Waals surface area contributed by atoms with Crippen molar-refractivity contribution in [1.29, 1.82) is 0 Å². The largest absolute Gasteiger partial charge is 0.326 e. The maximum atomic E-state index is 14.4. The molecule has 0 bridgehead atoms. The normalized spacial score (nSPS) is 22.8. The molecule has 2 aliphatic rings. The zero-order valence-corrected chi connectivity index (χ0v) is 14.5. The molecular weight excluding hydrogens is 345 g/mol. The van der Waals surface area contributed by atoms with Gasteiger partial charge in [-0.15, -0.1) is 0 Å². The second kappa shape index (κ2) is 6.19. The molecule has 1 aromatic carbocycles. The number of hydrogen-bond donors (Lipinski definition) is 2. The van der Waals surface area contributed by atoms with E-state index in [1.807, 2.05) is 0 Å². The van der Waals surface area contributed by atoms with E-state index < -0.39 is 21.4 Å². The zero-order chi connectivity index (χ0) is 17.6. The van der Waals surface area contributed by atoms with Crippen molar-refractivity contribution >= 4 is 20.8 Å². The summed E-state index contributed by atoms with van der Waals surface area (Å²) in [7, 11) is -3.90. The number of benzene rings is 1. The van der Waals surface area contributed by atoms with Crippen LogP contribution >= 0.6 is 0 Å². The van der Waals surface area contributed by atoms with Gasteiger partial charge >= 0.3 is 0 Å². The van der Waals surface area contributed by atoms with Gasteiger partial charge in [-0.2, -0.15) is 4.31 Å². The van der Waals surface area contributed by atoms with Gasteiger partial charge in [0.25, 0.3) is 5.56 Å². The van der Waals surface area contributed by atoms with Crippen molar-refractivity contribution in [3.63, 3.8) is 0 Å². The highest BCUT2D eigenvalue weighted by molar-refractivity contribution is 7.89. The predicted molar refractivity (Wildman–Crippen MR) is 92.4 cm³/mol. The van der Waals surface area contributed by atoms with Crippen LogP contribution in [0.5, 0.6) is 0 Å². The van der Waals surface area contributed by atoms with E-state index in [4.69, 9.17) is 0 Å². The molecule has 1 saturated carbocycles. The van der Waals surface area contributed by atoms with Gasteiger partial charge in [-0.3, -0.25) is 4.79 Å². The standard InChI is InChI=1S/C17H20FN3O3S/c18-13-9-20-17(22)12-3-1-4-15(16(12)13)25(23,24)21-8-2-7-19-10-14(21)11-5-6-11/h1,3-4,9,11,14,19H,2,5-8,10H2,(H,20,22)/t14-/m0/s1. The van der Waals surface area contributed by atoms with Gasteiger partial charge in [0, 0.05) is 30.7 Å². The molecule has 8 heteroatoms. The van der Waals surface area contributed by atoms with Crippen LogP contribution in [0.1, 0.15) is 19.3 Å². The minimum atomic E-state index is -3.90. The molecule has 1 saturated heterocycles. The molecule has 1 aliphatic carbocycles. The van der Waals surface area contributed by atoms with E-state index in [0.717, 1.165) is 25.6 Å². The highest BCUT2D eigenvalue weighted by Gasteiger charge is 2.42. The Labute approximate surface area is 145 Å². The van der Waals surface area contributed by atoms with E-state index in [1.165, 1.54) is 22.5 Å². The summed E-state index contributed by atoms with van der Waals surface area (Å²) < 4.78 is 42.7. The van der Waals surface area contributed by atoms with Crippen molar-refractivity contribution in [3.05, 3.63) is 40.6 Å². The molecule has 2 N–H and O–H groups in total. The van der Waals surface area contributed by atoms with E-state index >= 15 is 0 Å². The van der Waals surface area contributed by atoms with Gasteiger partial charge in [-0.25, -0.2) is 12.8 Å². The van der Waals surface area contributed by atoms with Gasteiger partial charge in [-0.1, -0.05) is 6.07 Å². The Morgan fingerprint density at radius 2 is 2.04 bits per heavy atom. The smallest absolute Gasteiger partial charge is 0.256 e. The highest BCUT2D eigenvalue weighted by atomic mass is 32.2. The fourth-order valence-electron chi connectivity index (χ4n) is 3.65. The number of sulfonamides is 1. The number of pyridine rings is 1. The molecule has 1 aromatic heterocycles. The maximum absolute atomic E-state index is 14.4. The lowest BCUT2D eigenvalue weighted by Gasteiger charge is -2.29. The van der Waals surface area contributed by atoms with E-state index in [1.54, 1.807) is 0 Å². The van der Waals surface area contributed by atoms with Gasteiger partial charge in [0.2, 0.25) is 10.0 Å². The third kappa shape index (κ3) is 2.88. The second-order valence-corrected chi connectivity index (χ2v) is 8.58. The van der Waals surface area contributed by atoms with Crippen LogP contribution in [0.25, 0.3) is 10.8 Å². The number of halogens is 1. The monoisotopic (exact) mass is 365 g/mol. The van der Waals surface area contributed by atoms with Gasteiger partial charge in [0.05, 0.1) is 10.3 Å². The Bertz CT molecular complexity index is 969. The highest BCUT2D eigenvalue weighted by Crippen LogP contribution is 2.38. The molecule has 0 spiro atoms. The summed E-state index contributed by atoms with van der Waals surface area (Å²) in [4.78, 5) is 14.2.